The number of hydrogen-bond acceptors (Lipinski definition) is 4. The lowest BCUT2D eigenvalue weighted by atomic mass is 10.1. The summed E-state index contributed by atoms with van der Waals surface area (Å²) in [6.45, 7) is -0.182. The largest absolute Gasteiger partial charge is 0.507 e. The second kappa shape index (κ2) is 5.79. The van der Waals surface area contributed by atoms with Gasteiger partial charge in [-0.15, -0.1) is 0 Å². The van der Waals surface area contributed by atoms with Crippen molar-refractivity contribution in [1.29, 1.82) is 0 Å². The number of pyridine rings is 1. The summed E-state index contributed by atoms with van der Waals surface area (Å²) in [5.74, 6) is -0.115. The van der Waals surface area contributed by atoms with Crippen molar-refractivity contribution in [2.45, 2.75) is 19.1 Å². The van der Waals surface area contributed by atoms with Gasteiger partial charge in [-0.2, -0.15) is 0 Å². The Labute approximate surface area is 127 Å². The first kappa shape index (κ1) is 14.6. The number of methoxy groups -OCH3 is 1. The van der Waals surface area contributed by atoms with Crippen LogP contribution in [0.15, 0.2) is 47.4 Å². The Morgan fingerprint density at radius 1 is 1.41 bits per heavy atom. The van der Waals surface area contributed by atoms with Gasteiger partial charge >= 0.3 is 0 Å². The fourth-order valence-corrected chi connectivity index (χ4v) is 2.65. The van der Waals surface area contributed by atoms with E-state index in [1.807, 2.05) is 18.2 Å². The predicted octanol–water partition coefficient (Wildman–Crippen LogP) is 2.02. The van der Waals surface area contributed by atoms with E-state index < -0.39 is 0 Å². The molecule has 0 fully saturated rings. The van der Waals surface area contributed by atoms with Crippen molar-refractivity contribution in [2.75, 3.05) is 7.11 Å². The second-order valence-corrected chi connectivity index (χ2v) is 5.23. The Kier molecular flexibility index (Phi) is 3.83. The minimum atomic E-state index is -0.286. The molecule has 3 rings (SSSR count). The molecule has 2 aromatic rings. The first-order chi connectivity index (χ1) is 10.6. The Morgan fingerprint density at radius 3 is 2.86 bits per heavy atom. The standard InChI is InChI=1S/C17H17NO4/c1-22-14-4-2-13(3-5-14)18-7-6-12-8-11(10-19)9-15(20)16(12)17(18)21/h2-4,6-9,14,19-20H,5,10H2,1H3. The number of aromatic nitrogens is 1. The monoisotopic (exact) mass is 299 g/mol. The highest BCUT2D eigenvalue weighted by molar-refractivity contribution is 5.88. The van der Waals surface area contributed by atoms with Crippen LogP contribution in [0, 0.1) is 0 Å². The molecule has 2 N–H and O–H groups in total. The first-order valence-corrected chi connectivity index (χ1v) is 7.03. The van der Waals surface area contributed by atoms with Crippen LogP contribution in [-0.2, 0) is 11.3 Å². The van der Waals surface area contributed by atoms with Crippen LogP contribution >= 0.6 is 0 Å². The zero-order valence-electron chi connectivity index (χ0n) is 12.2. The number of hydrogen-bond donors (Lipinski definition) is 2. The van der Waals surface area contributed by atoms with E-state index >= 15 is 0 Å². The maximum absolute atomic E-state index is 12.6. The van der Waals surface area contributed by atoms with Crippen LogP contribution in [0.25, 0.3) is 16.5 Å². The minimum Gasteiger partial charge on any atom is -0.507 e. The SMILES string of the molecule is COC1C=CC(n2ccc3cc(CO)cc(O)c3c2=O)=CC1. The molecule has 1 atom stereocenters. The number of aliphatic hydroxyl groups is 1. The highest BCUT2D eigenvalue weighted by Gasteiger charge is 2.13. The number of nitrogens with zero attached hydrogens (tertiary/aromatic N) is 1. The van der Waals surface area contributed by atoms with Gasteiger partial charge in [0.15, 0.2) is 0 Å². The van der Waals surface area contributed by atoms with Gasteiger partial charge in [-0.1, -0.05) is 12.2 Å². The minimum absolute atomic E-state index is 0.0282. The van der Waals surface area contributed by atoms with Crippen molar-refractivity contribution in [3.8, 4) is 5.75 Å². The number of benzene rings is 1. The van der Waals surface area contributed by atoms with Crippen LogP contribution in [0.3, 0.4) is 0 Å². The summed E-state index contributed by atoms with van der Waals surface area (Å²) >= 11 is 0. The van der Waals surface area contributed by atoms with E-state index in [4.69, 9.17) is 4.74 Å². The molecule has 5 nitrogen and oxygen atoms in total. The highest BCUT2D eigenvalue weighted by Crippen LogP contribution is 2.25. The van der Waals surface area contributed by atoms with E-state index in [-0.39, 0.29) is 29.4 Å². The summed E-state index contributed by atoms with van der Waals surface area (Å²) in [6.07, 6.45) is 8.07. The van der Waals surface area contributed by atoms with Crippen LogP contribution in [0.5, 0.6) is 5.75 Å². The average Bonchev–Trinajstić information content (AvgIpc) is 2.55. The third kappa shape index (κ3) is 2.45. The predicted molar refractivity (Wildman–Crippen MR) is 84.6 cm³/mol. The summed E-state index contributed by atoms with van der Waals surface area (Å²) < 4.78 is 6.74. The van der Waals surface area contributed by atoms with Crippen LogP contribution in [0.4, 0.5) is 0 Å². The number of ether oxygens (including phenoxy) is 1. The molecule has 1 aliphatic rings. The summed E-state index contributed by atoms with van der Waals surface area (Å²) in [4.78, 5) is 12.6. The molecule has 0 aliphatic heterocycles. The number of rotatable bonds is 3. The maximum atomic E-state index is 12.6. The molecule has 0 spiro atoms. The maximum Gasteiger partial charge on any atom is 0.266 e. The van der Waals surface area contributed by atoms with E-state index in [0.717, 1.165) is 5.70 Å². The lowest BCUT2D eigenvalue weighted by Crippen LogP contribution is -2.20. The summed E-state index contributed by atoms with van der Waals surface area (Å²) in [6, 6.07) is 4.87. The fourth-order valence-electron chi connectivity index (χ4n) is 2.65. The van der Waals surface area contributed by atoms with E-state index in [1.54, 1.807) is 25.4 Å². The molecule has 0 radical (unpaired) electrons. The van der Waals surface area contributed by atoms with Gasteiger partial charge in [0.05, 0.1) is 18.1 Å². The zero-order chi connectivity index (χ0) is 15.7. The molecule has 1 unspecified atom stereocenters. The van der Waals surface area contributed by atoms with Crippen molar-refractivity contribution in [2.24, 2.45) is 0 Å². The van der Waals surface area contributed by atoms with Crippen molar-refractivity contribution < 1.29 is 14.9 Å². The first-order valence-electron chi connectivity index (χ1n) is 7.03. The Balaban J connectivity index is 2.12. The van der Waals surface area contributed by atoms with Crippen molar-refractivity contribution in [1.82, 2.24) is 4.57 Å². The number of phenols is 1. The smallest absolute Gasteiger partial charge is 0.266 e. The molecule has 1 aromatic carbocycles. The van der Waals surface area contributed by atoms with Gasteiger partial charge in [0.2, 0.25) is 0 Å². The molecular weight excluding hydrogens is 282 g/mol. The van der Waals surface area contributed by atoms with Crippen LogP contribution < -0.4 is 5.56 Å². The third-order valence-electron chi connectivity index (χ3n) is 3.85. The zero-order valence-corrected chi connectivity index (χ0v) is 12.2. The molecule has 5 heteroatoms. The summed E-state index contributed by atoms with van der Waals surface area (Å²) in [7, 11) is 1.65. The van der Waals surface area contributed by atoms with Crippen molar-refractivity contribution in [3.05, 3.63) is 58.5 Å². The molecule has 1 aliphatic carbocycles. The summed E-state index contributed by atoms with van der Waals surface area (Å²) in [5.41, 5.74) is 1.04. The molecule has 1 aromatic heterocycles. The van der Waals surface area contributed by atoms with Gasteiger partial charge in [-0.25, -0.2) is 0 Å². The highest BCUT2D eigenvalue weighted by atomic mass is 16.5. The lowest BCUT2D eigenvalue weighted by molar-refractivity contribution is 0.143. The number of phenolic OH excluding ortho intramolecular Hbond substituents is 1. The van der Waals surface area contributed by atoms with Crippen LogP contribution in [0.2, 0.25) is 0 Å². The number of aliphatic hydroxyl groups excluding tert-OH is 1. The van der Waals surface area contributed by atoms with E-state index in [9.17, 15) is 15.0 Å². The van der Waals surface area contributed by atoms with Crippen molar-refractivity contribution in [3.63, 3.8) is 0 Å². The van der Waals surface area contributed by atoms with Gasteiger partial charge in [0, 0.05) is 19.0 Å². The van der Waals surface area contributed by atoms with E-state index in [1.165, 1.54) is 10.6 Å². The third-order valence-corrected chi connectivity index (χ3v) is 3.85. The number of fused-ring (bicyclic) bond motifs is 1. The van der Waals surface area contributed by atoms with Gasteiger partial charge in [-0.3, -0.25) is 9.36 Å². The number of allylic oxidation sites excluding steroid dienone is 2. The van der Waals surface area contributed by atoms with E-state index in [0.29, 0.717) is 17.4 Å². The average molecular weight is 299 g/mol. The summed E-state index contributed by atoms with van der Waals surface area (Å²) in [5, 5.41) is 20.1. The molecular formula is C17H17NO4. The van der Waals surface area contributed by atoms with Crippen molar-refractivity contribution >= 4 is 16.5 Å². The molecule has 114 valence electrons. The Bertz CT molecular complexity index is 832. The van der Waals surface area contributed by atoms with Crippen LogP contribution in [0.1, 0.15) is 12.0 Å². The molecule has 0 saturated heterocycles. The molecule has 1 heterocycles. The molecule has 0 amide bonds. The van der Waals surface area contributed by atoms with Gasteiger partial charge in [0.25, 0.3) is 5.56 Å². The lowest BCUT2D eigenvalue weighted by Gasteiger charge is -2.16. The topological polar surface area (TPSA) is 71.7 Å². The molecule has 0 bridgehead atoms. The van der Waals surface area contributed by atoms with Gasteiger partial charge in [0.1, 0.15) is 5.75 Å². The van der Waals surface area contributed by atoms with E-state index in [2.05, 4.69) is 0 Å². The van der Waals surface area contributed by atoms with Crippen LogP contribution in [-0.4, -0.2) is 28.0 Å². The fraction of sp³-hybridized carbons (Fsp3) is 0.235. The molecule has 22 heavy (non-hydrogen) atoms. The Hall–Kier alpha value is -2.37. The quantitative estimate of drug-likeness (QED) is 0.909. The number of aromatic hydroxyl groups is 1. The normalized spacial score (nSPS) is 17.7. The van der Waals surface area contributed by atoms with Gasteiger partial charge in [-0.05, 0) is 41.6 Å². The second-order valence-electron chi connectivity index (χ2n) is 5.23. The molecule has 0 saturated carbocycles. The Morgan fingerprint density at radius 2 is 2.23 bits per heavy atom. The van der Waals surface area contributed by atoms with Gasteiger partial charge < -0.3 is 14.9 Å².